The van der Waals surface area contributed by atoms with Crippen LogP contribution in [0.4, 0.5) is 0 Å². The van der Waals surface area contributed by atoms with Crippen LogP contribution < -0.4 is 0 Å². The van der Waals surface area contributed by atoms with Crippen molar-refractivity contribution >= 4 is 0 Å². The minimum atomic E-state index is 0.0775. The molecule has 0 aliphatic heterocycles. The molecule has 100 valence electrons. The van der Waals surface area contributed by atoms with Crippen molar-refractivity contribution in [1.82, 2.24) is 0 Å². The van der Waals surface area contributed by atoms with Gasteiger partial charge in [-0.2, -0.15) is 0 Å². The van der Waals surface area contributed by atoms with Crippen molar-refractivity contribution in [3.8, 4) is 11.1 Å². The van der Waals surface area contributed by atoms with E-state index in [0.717, 1.165) is 12.0 Å². The van der Waals surface area contributed by atoms with E-state index in [1.165, 1.54) is 22.3 Å². The highest BCUT2D eigenvalue weighted by molar-refractivity contribution is 5.68. The fourth-order valence-electron chi connectivity index (χ4n) is 2.18. The monoisotopic (exact) mass is 256 g/mol. The van der Waals surface area contributed by atoms with E-state index in [1.807, 2.05) is 6.07 Å². The van der Waals surface area contributed by atoms with Crippen molar-refractivity contribution in [2.75, 3.05) is 13.7 Å². The van der Waals surface area contributed by atoms with Crippen LogP contribution in [0.5, 0.6) is 0 Å². The summed E-state index contributed by atoms with van der Waals surface area (Å²) in [6.45, 7) is 2.85. The molecule has 2 aromatic rings. The highest BCUT2D eigenvalue weighted by Crippen LogP contribution is 2.26. The van der Waals surface area contributed by atoms with Gasteiger partial charge >= 0.3 is 0 Å². The number of benzene rings is 2. The summed E-state index contributed by atoms with van der Waals surface area (Å²) >= 11 is 0. The lowest BCUT2D eigenvalue weighted by Crippen LogP contribution is -1.99. The second kappa shape index (κ2) is 6.50. The van der Waals surface area contributed by atoms with Crippen molar-refractivity contribution in [3.63, 3.8) is 0 Å². The second-order valence-corrected chi connectivity index (χ2v) is 4.76. The first-order valence-corrected chi connectivity index (χ1v) is 6.53. The molecule has 0 atom stereocenters. The molecule has 0 heterocycles. The fourth-order valence-corrected chi connectivity index (χ4v) is 2.18. The molecule has 1 N–H and O–H groups in total. The third kappa shape index (κ3) is 3.43. The van der Waals surface area contributed by atoms with Crippen LogP contribution in [0.2, 0.25) is 0 Å². The van der Waals surface area contributed by atoms with Gasteiger partial charge in [0.25, 0.3) is 0 Å². The van der Waals surface area contributed by atoms with E-state index >= 15 is 0 Å². The summed E-state index contributed by atoms with van der Waals surface area (Å²) in [6.07, 6.45) is 0.855. The number of ether oxygens (including phenoxy) is 1. The predicted molar refractivity (Wildman–Crippen MR) is 78.1 cm³/mol. The number of aliphatic hydroxyl groups is 1. The van der Waals surface area contributed by atoms with Gasteiger partial charge in [-0.3, -0.25) is 0 Å². The summed E-state index contributed by atoms with van der Waals surface area (Å²) in [5.74, 6) is 0. The van der Waals surface area contributed by atoms with Gasteiger partial charge in [-0.05, 0) is 35.6 Å². The first kappa shape index (κ1) is 13.8. The SMILES string of the molecule is COCCc1cc(CO)ccc1-c1ccc(C)cc1. The van der Waals surface area contributed by atoms with Crippen molar-refractivity contribution < 1.29 is 9.84 Å². The van der Waals surface area contributed by atoms with Crippen molar-refractivity contribution in [3.05, 3.63) is 59.2 Å². The Labute approximate surface area is 114 Å². The topological polar surface area (TPSA) is 29.5 Å². The molecule has 0 spiro atoms. The van der Waals surface area contributed by atoms with E-state index in [4.69, 9.17) is 4.74 Å². The molecular formula is C17H20O2. The van der Waals surface area contributed by atoms with Crippen LogP contribution in [0, 0.1) is 6.92 Å². The Hall–Kier alpha value is -1.64. The highest BCUT2D eigenvalue weighted by Gasteiger charge is 2.06. The minimum Gasteiger partial charge on any atom is -0.392 e. The Morgan fingerprint density at radius 1 is 1.05 bits per heavy atom. The second-order valence-electron chi connectivity index (χ2n) is 4.76. The van der Waals surface area contributed by atoms with Crippen molar-refractivity contribution in [2.24, 2.45) is 0 Å². The number of rotatable bonds is 5. The van der Waals surface area contributed by atoms with E-state index in [1.54, 1.807) is 7.11 Å². The zero-order chi connectivity index (χ0) is 13.7. The molecule has 0 unspecified atom stereocenters. The molecule has 2 nitrogen and oxygen atoms in total. The smallest absolute Gasteiger partial charge is 0.0681 e. The lowest BCUT2D eigenvalue weighted by atomic mass is 9.95. The number of methoxy groups -OCH3 is 1. The van der Waals surface area contributed by atoms with Gasteiger partial charge in [-0.15, -0.1) is 0 Å². The molecule has 19 heavy (non-hydrogen) atoms. The Bertz CT molecular complexity index is 529. The van der Waals surface area contributed by atoms with Crippen LogP contribution in [0.15, 0.2) is 42.5 Å². The molecule has 0 bridgehead atoms. The summed E-state index contributed by atoms with van der Waals surface area (Å²) in [6, 6.07) is 14.6. The molecule has 0 saturated heterocycles. The summed E-state index contributed by atoms with van der Waals surface area (Å²) in [5.41, 5.74) is 5.85. The Morgan fingerprint density at radius 2 is 1.79 bits per heavy atom. The summed E-state index contributed by atoms with van der Waals surface area (Å²) in [7, 11) is 1.71. The van der Waals surface area contributed by atoms with Crippen LogP contribution in [0.3, 0.4) is 0 Å². The number of aliphatic hydroxyl groups excluding tert-OH is 1. The van der Waals surface area contributed by atoms with Gasteiger partial charge in [-0.25, -0.2) is 0 Å². The first-order valence-electron chi connectivity index (χ1n) is 6.53. The molecule has 2 aromatic carbocycles. The van der Waals surface area contributed by atoms with Crippen LogP contribution in [-0.2, 0) is 17.8 Å². The van der Waals surface area contributed by atoms with Gasteiger partial charge in [0.05, 0.1) is 13.2 Å². The molecule has 2 heteroatoms. The maximum Gasteiger partial charge on any atom is 0.0681 e. The largest absolute Gasteiger partial charge is 0.392 e. The molecule has 0 aromatic heterocycles. The molecular weight excluding hydrogens is 236 g/mol. The minimum absolute atomic E-state index is 0.0775. The van der Waals surface area contributed by atoms with Gasteiger partial charge in [0.1, 0.15) is 0 Å². The molecule has 0 radical (unpaired) electrons. The lowest BCUT2D eigenvalue weighted by Gasteiger charge is -2.11. The van der Waals surface area contributed by atoms with Crippen LogP contribution >= 0.6 is 0 Å². The number of hydrogen-bond donors (Lipinski definition) is 1. The van der Waals surface area contributed by atoms with E-state index in [2.05, 4.69) is 43.3 Å². The number of aryl methyl sites for hydroxylation is 1. The maximum absolute atomic E-state index is 9.25. The molecule has 2 rings (SSSR count). The van der Waals surface area contributed by atoms with Crippen LogP contribution in [0.1, 0.15) is 16.7 Å². The molecule has 0 saturated carbocycles. The first-order chi connectivity index (χ1) is 9.24. The van der Waals surface area contributed by atoms with Gasteiger partial charge in [0.15, 0.2) is 0 Å². The zero-order valence-corrected chi connectivity index (χ0v) is 11.5. The number of hydrogen-bond acceptors (Lipinski definition) is 2. The van der Waals surface area contributed by atoms with E-state index < -0.39 is 0 Å². The van der Waals surface area contributed by atoms with Gasteiger partial charge in [0.2, 0.25) is 0 Å². The average molecular weight is 256 g/mol. The lowest BCUT2D eigenvalue weighted by molar-refractivity contribution is 0.202. The van der Waals surface area contributed by atoms with E-state index in [9.17, 15) is 5.11 Å². The Morgan fingerprint density at radius 3 is 2.42 bits per heavy atom. The predicted octanol–water partition coefficient (Wildman–Crippen LogP) is 3.34. The molecule has 0 aliphatic carbocycles. The quantitative estimate of drug-likeness (QED) is 0.889. The highest BCUT2D eigenvalue weighted by atomic mass is 16.5. The van der Waals surface area contributed by atoms with Gasteiger partial charge in [0, 0.05) is 7.11 Å². The van der Waals surface area contributed by atoms with Crippen LogP contribution in [-0.4, -0.2) is 18.8 Å². The third-order valence-corrected chi connectivity index (χ3v) is 3.29. The summed E-state index contributed by atoms with van der Waals surface area (Å²) < 4.78 is 5.17. The third-order valence-electron chi connectivity index (χ3n) is 3.29. The summed E-state index contributed by atoms with van der Waals surface area (Å²) in [5, 5.41) is 9.25. The van der Waals surface area contributed by atoms with Gasteiger partial charge < -0.3 is 9.84 Å². The normalized spacial score (nSPS) is 10.7. The van der Waals surface area contributed by atoms with Gasteiger partial charge in [-0.1, -0.05) is 48.0 Å². The molecule has 0 aliphatic rings. The van der Waals surface area contributed by atoms with E-state index in [-0.39, 0.29) is 6.61 Å². The Balaban J connectivity index is 2.39. The zero-order valence-electron chi connectivity index (χ0n) is 11.5. The van der Waals surface area contributed by atoms with Crippen molar-refractivity contribution in [1.29, 1.82) is 0 Å². The van der Waals surface area contributed by atoms with Crippen LogP contribution in [0.25, 0.3) is 11.1 Å². The molecule has 0 amide bonds. The summed E-state index contributed by atoms with van der Waals surface area (Å²) in [4.78, 5) is 0. The van der Waals surface area contributed by atoms with E-state index in [0.29, 0.717) is 6.61 Å². The Kier molecular flexibility index (Phi) is 4.72. The standard InChI is InChI=1S/C17H20O2/c1-13-3-6-15(7-4-13)17-8-5-14(12-18)11-16(17)9-10-19-2/h3-8,11,18H,9-10,12H2,1-2H3. The maximum atomic E-state index is 9.25. The molecule has 0 fully saturated rings. The fraction of sp³-hybridized carbons (Fsp3) is 0.294. The van der Waals surface area contributed by atoms with Crippen molar-refractivity contribution in [2.45, 2.75) is 20.0 Å². The average Bonchev–Trinajstić information content (AvgIpc) is 2.46.